The maximum absolute atomic E-state index is 6.23. The molecule has 0 aromatic heterocycles. The Bertz CT molecular complexity index is 477. The van der Waals surface area contributed by atoms with Crippen molar-refractivity contribution in [3.63, 3.8) is 0 Å². The number of nitrogens with one attached hydrogen (secondary N) is 1. The third-order valence-electron chi connectivity index (χ3n) is 4.74. The van der Waals surface area contributed by atoms with Gasteiger partial charge in [0.25, 0.3) is 0 Å². The van der Waals surface area contributed by atoms with E-state index < -0.39 is 0 Å². The number of hydrogen-bond acceptors (Lipinski definition) is 3. The Hall–Kier alpha value is -0.770. The molecule has 1 saturated carbocycles. The van der Waals surface area contributed by atoms with E-state index in [-0.39, 0.29) is 0 Å². The van der Waals surface area contributed by atoms with Gasteiger partial charge in [-0.3, -0.25) is 0 Å². The van der Waals surface area contributed by atoms with Gasteiger partial charge in [0.15, 0.2) is 0 Å². The largest absolute Gasteiger partial charge is 0.371 e. The van der Waals surface area contributed by atoms with Crippen molar-refractivity contribution in [2.24, 2.45) is 0 Å². The maximum Gasteiger partial charge on any atom is 0.0426 e. The molecule has 21 heavy (non-hydrogen) atoms. The van der Waals surface area contributed by atoms with Crippen LogP contribution in [0.2, 0.25) is 5.02 Å². The lowest BCUT2D eigenvalue weighted by Crippen LogP contribution is -2.42. The van der Waals surface area contributed by atoms with Gasteiger partial charge in [-0.25, -0.2) is 0 Å². The molecule has 0 atom stereocenters. The van der Waals surface area contributed by atoms with Crippen molar-refractivity contribution in [3.05, 3.63) is 28.8 Å². The molecule has 1 aromatic rings. The number of benzene rings is 1. The average Bonchev–Trinajstić information content (AvgIpc) is 3.30. The molecule has 2 fully saturated rings. The van der Waals surface area contributed by atoms with Gasteiger partial charge >= 0.3 is 0 Å². The third kappa shape index (κ3) is 3.91. The fourth-order valence-electron chi connectivity index (χ4n) is 3.15. The summed E-state index contributed by atoms with van der Waals surface area (Å²) in [5.74, 6) is 0. The Kier molecular flexibility index (Phi) is 4.72. The standard InChI is InChI=1S/C17H26ClN3/c1-20(2)16-7-9-21(10-8-16)17-11-14(18)4-3-13(17)12-19-15-5-6-15/h3-4,11,15-16,19H,5-10,12H2,1-2H3. The van der Waals surface area contributed by atoms with E-state index in [1.54, 1.807) is 0 Å². The predicted molar refractivity (Wildman–Crippen MR) is 90.2 cm³/mol. The van der Waals surface area contributed by atoms with E-state index >= 15 is 0 Å². The molecule has 116 valence electrons. The summed E-state index contributed by atoms with van der Waals surface area (Å²) in [6.45, 7) is 3.21. The van der Waals surface area contributed by atoms with Crippen LogP contribution in [0, 0.1) is 0 Å². The second kappa shape index (κ2) is 6.55. The van der Waals surface area contributed by atoms with E-state index in [0.29, 0.717) is 6.04 Å². The van der Waals surface area contributed by atoms with Crippen molar-refractivity contribution in [3.8, 4) is 0 Å². The Morgan fingerprint density at radius 3 is 2.52 bits per heavy atom. The first kappa shape index (κ1) is 15.1. The van der Waals surface area contributed by atoms with Crippen LogP contribution in [0.15, 0.2) is 18.2 Å². The molecule has 0 bridgehead atoms. The van der Waals surface area contributed by atoms with Crippen molar-refractivity contribution < 1.29 is 0 Å². The van der Waals surface area contributed by atoms with Crippen LogP contribution in [0.25, 0.3) is 0 Å². The van der Waals surface area contributed by atoms with E-state index in [4.69, 9.17) is 11.6 Å². The highest BCUT2D eigenvalue weighted by molar-refractivity contribution is 6.30. The van der Waals surface area contributed by atoms with Crippen LogP contribution < -0.4 is 10.2 Å². The third-order valence-corrected chi connectivity index (χ3v) is 4.98. The van der Waals surface area contributed by atoms with E-state index in [9.17, 15) is 0 Å². The molecule has 0 amide bonds. The summed E-state index contributed by atoms with van der Waals surface area (Å²) in [5, 5.41) is 4.46. The monoisotopic (exact) mass is 307 g/mol. The van der Waals surface area contributed by atoms with Gasteiger partial charge in [0, 0.05) is 42.4 Å². The van der Waals surface area contributed by atoms with Crippen molar-refractivity contribution in [2.45, 2.75) is 44.3 Å². The smallest absolute Gasteiger partial charge is 0.0426 e. The fourth-order valence-corrected chi connectivity index (χ4v) is 3.31. The van der Waals surface area contributed by atoms with Crippen LogP contribution in [0.3, 0.4) is 0 Å². The second-order valence-corrected chi connectivity index (χ2v) is 7.05. The first-order valence-electron chi connectivity index (χ1n) is 8.06. The molecular weight excluding hydrogens is 282 g/mol. The van der Waals surface area contributed by atoms with Gasteiger partial charge in [-0.05, 0) is 57.5 Å². The lowest BCUT2D eigenvalue weighted by Gasteiger charge is -2.37. The first-order chi connectivity index (χ1) is 10.1. The summed E-state index contributed by atoms with van der Waals surface area (Å²) in [7, 11) is 4.37. The molecule has 1 N–H and O–H groups in total. The Morgan fingerprint density at radius 2 is 1.90 bits per heavy atom. The first-order valence-corrected chi connectivity index (χ1v) is 8.44. The van der Waals surface area contributed by atoms with E-state index in [1.807, 2.05) is 6.07 Å². The minimum absolute atomic E-state index is 0.716. The van der Waals surface area contributed by atoms with Crippen molar-refractivity contribution in [1.82, 2.24) is 10.2 Å². The zero-order valence-electron chi connectivity index (χ0n) is 13.1. The summed E-state index contributed by atoms with van der Waals surface area (Å²) in [5.41, 5.74) is 2.71. The molecule has 4 heteroatoms. The maximum atomic E-state index is 6.23. The number of nitrogens with zero attached hydrogens (tertiary/aromatic N) is 2. The number of halogens is 1. The van der Waals surface area contributed by atoms with Crippen LogP contribution in [0.5, 0.6) is 0 Å². The highest BCUT2D eigenvalue weighted by Crippen LogP contribution is 2.29. The van der Waals surface area contributed by atoms with Crippen LogP contribution in [-0.2, 0) is 6.54 Å². The minimum atomic E-state index is 0.716. The summed E-state index contributed by atoms with van der Waals surface area (Å²) in [6, 6.07) is 7.80. The molecule has 2 aliphatic rings. The molecule has 1 aliphatic carbocycles. The zero-order valence-corrected chi connectivity index (χ0v) is 13.9. The highest BCUT2D eigenvalue weighted by atomic mass is 35.5. The normalized spacial score (nSPS) is 20.3. The highest BCUT2D eigenvalue weighted by Gasteiger charge is 2.24. The zero-order chi connectivity index (χ0) is 14.8. The van der Waals surface area contributed by atoms with E-state index in [0.717, 1.165) is 30.7 Å². The predicted octanol–water partition coefficient (Wildman–Crippen LogP) is 3.12. The van der Waals surface area contributed by atoms with Gasteiger partial charge in [0.1, 0.15) is 0 Å². The second-order valence-electron chi connectivity index (χ2n) is 6.61. The summed E-state index contributed by atoms with van der Waals surface area (Å²) in [6.07, 6.45) is 5.12. The summed E-state index contributed by atoms with van der Waals surface area (Å²) < 4.78 is 0. The Labute approximate surface area is 133 Å². The molecular formula is C17H26ClN3. The van der Waals surface area contributed by atoms with Crippen molar-refractivity contribution in [2.75, 3.05) is 32.1 Å². The van der Waals surface area contributed by atoms with Gasteiger partial charge in [0.05, 0.1) is 0 Å². The van der Waals surface area contributed by atoms with Crippen molar-refractivity contribution in [1.29, 1.82) is 0 Å². The molecule has 1 heterocycles. The number of rotatable bonds is 5. The lowest BCUT2D eigenvalue weighted by atomic mass is 10.0. The van der Waals surface area contributed by atoms with Crippen LogP contribution in [0.4, 0.5) is 5.69 Å². The summed E-state index contributed by atoms with van der Waals surface area (Å²) >= 11 is 6.23. The van der Waals surface area contributed by atoms with Gasteiger partial charge in [-0.1, -0.05) is 17.7 Å². The molecule has 1 aromatic carbocycles. The molecule has 1 saturated heterocycles. The molecule has 3 nitrogen and oxygen atoms in total. The fraction of sp³-hybridized carbons (Fsp3) is 0.647. The van der Waals surface area contributed by atoms with Crippen molar-refractivity contribution >= 4 is 17.3 Å². The number of anilines is 1. The topological polar surface area (TPSA) is 18.5 Å². The lowest BCUT2D eigenvalue weighted by molar-refractivity contribution is 0.249. The van der Waals surface area contributed by atoms with E-state index in [2.05, 4.69) is 41.3 Å². The summed E-state index contributed by atoms with van der Waals surface area (Å²) in [4.78, 5) is 4.86. The van der Waals surface area contributed by atoms with Gasteiger partial charge in [0.2, 0.25) is 0 Å². The average molecular weight is 308 g/mol. The van der Waals surface area contributed by atoms with Crippen LogP contribution in [0.1, 0.15) is 31.2 Å². The van der Waals surface area contributed by atoms with E-state index in [1.165, 1.54) is 36.9 Å². The minimum Gasteiger partial charge on any atom is -0.371 e. The van der Waals surface area contributed by atoms with Gasteiger partial charge < -0.3 is 15.1 Å². The molecule has 1 aliphatic heterocycles. The molecule has 0 unspecified atom stereocenters. The van der Waals surface area contributed by atoms with Gasteiger partial charge in [-0.15, -0.1) is 0 Å². The Morgan fingerprint density at radius 1 is 1.19 bits per heavy atom. The molecule has 0 radical (unpaired) electrons. The van der Waals surface area contributed by atoms with Crippen LogP contribution >= 0.6 is 11.6 Å². The van der Waals surface area contributed by atoms with Crippen LogP contribution in [-0.4, -0.2) is 44.2 Å². The SMILES string of the molecule is CN(C)C1CCN(c2cc(Cl)ccc2CNC2CC2)CC1. The number of hydrogen-bond donors (Lipinski definition) is 1. The van der Waals surface area contributed by atoms with Gasteiger partial charge in [-0.2, -0.15) is 0 Å². The quantitative estimate of drug-likeness (QED) is 0.901. The Balaban J connectivity index is 1.69. The molecule has 3 rings (SSSR count). The molecule has 0 spiro atoms. The number of piperidine rings is 1.